The molecule has 0 aliphatic carbocycles. The molecular formula is C15H18F2N2O3. The first-order valence-corrected chi connectivity index (χ1v) is 6.87. The van der Waals surface area contributed by atoms with Gasteiger partial charge in [-0.1, -0.05) is 12.1 Å². The van der Waals surface area contributed by atoms with Gasteiger partial charge in [0.15, 0.2) is 0 Å². The molecule has 2 N–H and O–H groups in total. The number of amides is 2. The average molecular weight is 312 g/mol. The van der Waals surface area contributed by atoms with Crippen LogP contribution in [0, 0.1) is 0 Å². The van der Waals surface area contributed by atoms with E-state index in [0.717, 1.165) is 0 Å². The van der Waals surface area contributed by atoms with Crippen LogP contribution < -0.4 is 10.6 Å². The van der Waals surface area contributed by atoms with Gasteiger partial charge in [-0.05, 0) is 32.4 Å². The van der Waals surface area contributed by atoms with Crippen LogP contribution in [-0.4, -0.2) is 23.6 Å². The third-order valence-corrected chi connectivity index (χ3v) is 3.08. The molecule has 2 amide bonds. The highest BCUT2D eigenvalue weighted by atomic mass is 19.3. The van der Waals surface area contributed by atoms with Crippen LogP contribution in [0.15, 0.2) is 18.2 Å². The predicted molar refractivity (Wildman–Crippen MR) is 76.9 cm³/mol. The van der Waals surface area contributed by atoms with Crippen molar-refractivity contribution >= 4 is 17.7 Å². The van der Waals surface area contributed by atoms with Gasteiger partial charge < -0.3 is 15.4 Å². The first-order valence-electron chi connectivity index (χ1n) is 6.87. The highest BCUT2D eigenvalue weighted by Gasteiger charge is 2.29. The monoisotopic (exact) mass is 312 g/mol. The zero-order valence-electron chi connectivity index (χ0n) is 12.6. The maximum absolute atomic E-state index is 12.7. The standard InChI is InChI=1S/C15H18F2N2O3/c1-15(2,3)22-14(21)19-11-6-8-4-5-9(12(16)17)7-10(8)18-13(11)20/h4-5,7,11-12H,6H2,1-3H3,(H,18,20)(H,19,21)/t11-/m1/s1. The number of alkyl carbamates (subject to hydrolysis) is 1. The molecular weight excluding hydrogens is 294 g/mol. The summed E-state index contributed by atoms with van der Waals surface area (Å²) in [5, 5.41) is 5.01. The molecule has 7 heteroatoms. The molecule has 0 radical (unpaired) electrons. The normalized spacial score (nSPS) is 17.7. The number of anilines is 1. The minimum Gasteiger partial charge on any atom is -0.444 e. The Labute approximate surface area is 127 Å². The molecule has 1 aliphatic rings. The van der Waals surface area contributed by atoms with E-state index in [1.54, 1.807) is 20.8 Å². The number of halogens is 2. The molecule has 1 heterocycles. The summed E-state index contributed by atoms with van der Waals surface area (Å²) in [7, 11) is 0. The molecule has 0 spiro atoms. The van der Waals surface area contributed by atoms with Crippen molar-refractivity contribution in [3.8, 4) is 0 Å². The SMILES string of the molecule is CC(C)(C)OC(=O)N[C@@H]1Cc2ccc(C(F)F)cc2NC1=O. The van der Waals surface area contributed by atoms with Crippen LogP contribution >= 0.6 is 0 Å². The summed E-state index contributed by atoms with van der Waals surface area (Å²) in [6.07, 6.45) is -3.07. The topological polar surface area (TPSA) is 67.4 Å². The van der Waals surface area contributed by atoms with Gasteiger partial charge in [-0.25, -0.2) is 13.6 Å². The van der Waals surface area contributed by atoms with Gasteiger partial charge in [-0.3, -0.25) is 4.79 Å². The van der Waals surface area contributed by atoms with Gasteiger partial charge in [0.25, 0.3) is 6.43 Å². The highest BCUT2D eigenvalue weighted by Crippen LogP contribution is 2.28. The van der Waals surface area contributed by atoms with Crippen molar-refractivity contribution in [3.05, 3.63) is 29.3 Å². The van der Waals surface area contributed by atoms with E-state index < -0.39 is 30.1 Å². The number of nitrogens with one attached hydrogen (secondary N) is 2. The quantitative estimate of drug-likeness (QED) is 0.882. The maximum atomic E-state index is 12.7. The van der Waals surface area contributed by atoms with Crippen molar-refractivity contribution < 1.29 is 23.1 Å². The van der Waals surface area contributed by atoms with E-state index in [9.17, 15) is 18.4 Å². The molecule has 0 bridgehead atoms. The predicted octanol–water partition coefficient (Wildman–Crippen LogP) is 3.01. The second-order valence-electron chi connectivity index (χ2n) is 6.11. The van der Waals surface area contributed by atoms with Crippen molar-refractivity contribution in [2.45, 2.75) is 45.3 Å². The van der Waals surface area contributed by atoms with Crippen molar-refractivity contribution in [2.75, 3.05) is 5.32 Å². The van der Waals surface area contributed by atoms with Crippen LogP contribution in [0.5, 0.6) is 0 Å². The molecule has 0 saturated heterocycles. The molecule has 1 aliphatic heterocycles. The Balaban J connectivity index is 2.09. The van der Waals surface area contributed by atoms with Gasteiger partial charge in [0, 0.05) is 17.7 Å². The number of rotatable bonds is 2. The second-order valence-corrected chi connectivity index (χ2v) is 6.11. The Morgan fingerprint density at radius 3 is 2.68 bits per heavy atom. The zero-order chi connectivity index (χ0) is 16.5. The van der Waals surface area contributed by atoms with E-state index >= 15 is 0 Å². The summed E-state index contributed by atoms with van der Waals surface area (Å²) in [6, 6.07) is 3.30. The van der Waals surface area contributed by atoms with Crippen molar-refractivity contribution in [2.24, 2.45) is 0 Å². The fraction of sp³-hybridized carbons (Fsp3) is 0.467. The van der Waals surface area contributed by atoms with Crippen molar-refractivity contribution in [1.29, 1.82) is 0 Å². The van der Waals surface area contributed by atoms with Gasteiger partial charge in [0.1, 0.15) is 11.6 Å². The van der Waals surface area contributed by atoms with Gasteiger partial charge >= 0.3 is 6.09 Å². The number of carbonyl (C=O) groups excluding carboxylic acids is 2. The Hall–Kier alpha value is -2.18. The lowest BCUT2D eigenvalue weighted by Crippen LogP contribution is -2.49. The fourth-order valence-electron chi connectivity index (χ4n) is 2.12. The van der Waals surface area contributed by atoms with Crippen LogP contribution in [0.25, 0.3) is 0 Å². The molecule has 22 heavy (non-hydrogen) atoms. The molecule has 0 saturated carbocycles. The van der Waals surface area contributed by atoms with E-state index in [0.29, 0.717) is 11.3 Å². The van der Waals surface area contributed by atoms with Crippen molar-refractivity contribution in [3.63, 3.8) is 0 Å². The Bertz CT molecular complexity index is 597. The number of carbonyl (C=O) groups is 2. The van der Waals surface area contributed by atoms with E-state index in [1.165, 1.54) is 18.2 Å². The molecule has 2 rings (SSSR count). The number of hydrogen-bond acceptors (Lipinski definition) is 3. The second kappa shape index (κ2) is 5.90. The third kappa shape index (κ3) is 3.93. The van der Waals surface area contributed by atoms with Crippen LogP contribution in [0.1, 0.15) is 38.3 Å². The smallest absolute Gasteiger partial charge is 0.408 e. The first kappa shape index (κ1) is 16.2. The van der Waals surface area contributed by atoms with E-state index in [1.807, 2.05) is 0 Å². The number of alkyl halides is 2. The molecule has 0 fully saturated rings. The summed E-state index contributed by atoms with van der Waals surface area (Å²) in [5.41, 5.74) is 0.215. The average Bonchev–Trinajstić information content (AvgIpc) is 2.36. The molecule has 1 aromatic carbocycles. The van der Waals surface area contributed by atoms with Crippen LogP contribution in [-0.2, 0) is 16.0 Å². The largest absolute Gasteiger partial charge is 0.444 e. The van der Waals surface area contributed by atoms with Gasteiger partial charge in [-0.15, -0.1) is 0 Å². The van der Waals surface area contributed by atoms with Gasteiger partial charge in [-0.2, -0.15) is 0 Å². The molecule has 0 unspecified atom stereocenters. The molecule has 5 nitrogen and oxygen atoms in total. The zero-order valence-corrected chi connectivity index (χ0v) is 12.6. The highest BCUT2D eigenvalue weighted by molar-refractivity contribution is 5.99. The van der Waals surface area contributed by atoms with Crippen LogP contribution in [0.2, 0.25) is 0 Å². The Morgan fingerprint density at radius 1 is 1.41 bits per heavy atom. The summed E-state index contributed by atoms with van der Waals surface area (Å²) >= 11 is 0. The van der Waals surface area contributed by atoms with Gasteiger partial charge in [0.05, 0.1) is 0 Å². The fourth-order valence-corrected chi connectivity index (χ4v) is 2.12. The molecule has 1 aromatic rings. The summed E-state index contributed by atoms with van der Waals surface area (Å²) in [5.74, 6) is -0.454. The van der Waals surface area contributed by atoms with E-state index in [2.05, 4.69) is 10.6 Å². The van der Waals surface area contributed by atoms with E-state index in [4.69, 9.17) is 4.74 Å². The van der Waals surface area contributed by atoms with E-state index in [-0.39, 0.29) is 12.0 Å². The van der Waals surface area contributed by atoms with Crippen LogP contribution in [0.4, 0.5) is 19.3 Å². The molecule has 120 valence electrons. The molecule has 1 atom stereocenters. The number of fused-ring (bicyclic) bond motifs is 1. The lowest BCUT2D eigenvalue weighted by Gasteiger charge is -2.27. The maximum Gasteiger partial charge on any atom is 0.408 e. The number of ether oxygens (including phenoxy) is 1. The van der Waals surface area contributed by atoms with Crippen LogP contribution in [0.3, 0.4) is 0 Å². The lowest BCUT2D eigenvalue weighted by molar-refractivity contribution is -0.118. The summed E-state index contributed by atoms with van der Waals surface area (Å²) in [6.45, 7) is 5.15. The van der Waals surface area contributed by atoms with Crippen molar-refractivity contribution in [1.82, 2.24) is 5.32 Å². The first-order chi connectivity index (χ1) is 10.2. The lowest BCUT2D eigenvalue weighted by atomic mass is 9.97. The Kier molecular flexibility index (Phi) is 4.35. The van der Waals surface area contributed by atoms with Gasteiger partial charge in [0.2, 0.25) is 5.91 Å². The summed E-state index contributed by atoms with van der Waals surface area (Å²) in [4.78, 5) is 23.7. The third-order valence-electron chi connectivity index (χ3n) is 3.08. The summed E-state index contributed by atoms with van der Waals surface area (Å²) < 4.78 is 30.4. The minimum atomic E-state index is -2.60. The number of benzene rings is 1. The molecule has 0 aromatic heterocycles. The minimum absolute atomic E-state index is 0.155. The Morgan fingerprint density at radius 2 is 2.09 bits per heavy atom. The number of hydrogen-bond donors (Lipinski definition) is 2.